The standard InChI is InChI=1S/C42H81NO5/c1-3-5-7-9-11-13-14-15-16-20-24-28-32-36-42(47)48-37-33-29-25-21-17-19-23-27-31-35-41(46)43-39(38-44)40(45)34-30-26-22-18-12-10-8-6-4-2/h30,34,39-40,44-45H,3-29,31-33,35-38H2,1-2H3,(H,43,46)/b34-30+. The fraction of sp³-hybridized carbons (Fsp3) is 0.905. The van der Waals surface area contributed by atoms with Gasteiger partial charge in [0.2, 0.25) is 5.91 Å². The molecule has 0 aromatic carbocycles. The van der Waals surface area contributed by atoms with Gasteiger partial charge in [0.25, 0.3) is 0 Å². The topological polar surface area (TPSA) is 95.9 Å². The van der Waals surface area contributed by atoms with E-state index in [-0.39, 0.29) is 18.5 Å². The summed E-state index contributed by atoms with van der Waals surface area (Å²) in [7, 11) is 0. The summed E-state index contributed by atoms with van der Waals surface area (Å²) >= 11 is 0. The van der Waals surface area contributed by atoms with Crippen LogP contribution in [0.3, 0.4) is 0 Å². The van der Waals surface area contributed by atoms with Crippen molar-refractivity contribution in [2.75, 3.05) is 13.2 Å². The van der Waals surface area contributed by atoms with Crippen LogP contribution in [0.25, 0.3) is 0 Å². The van der Waals surface area contributed by atoms with Gasteiger partial charge in [0.1, 0.15) is 0 Å². The van der Waals surface area contributed by atoms with Crippen molar-refractivity contribution in [3.63, 3.8) is 0 Å². The van der Waals surface area contributed by atoms with E-state index in [0.29, 0.717) is 19.4 Å². The molecule has 0 saturated carbocycles. The minimum atomic E-state index is -0.857. The van der Waals surface area contributed by atoms with Crippen LogP contribution in [-0.2, 0) is 14.3 Å². The number of aliphatic hydroxyl groups is 2. The predicted molar refractivity (Wildman–Crippen MR) is 204 cm³/mol. The maximum Gasteiger partial charge on any atom is 0.305 e. The van der Waals surface area contributed by atoms with E-state index in [1.807, 2.05) is 6.08 Å². The van der Waals surface area contributed by atoms with E-state index >= 15 is 0 Å². The minimum Gasteiger partial charge on any atom is -0.466 e. The summed E-state index contributed by atoms with van der Waals surface area (Å²) in [6.07, 6.45) is 40.5. The van der Waals surface area contributed by atoms with Gasteiger partial charge in [-0.1, -0.05) is 187 Å². The van der Waals surface area contributed by atoms with Gasteiger partial charge in [0.05, 0.1) is 25.4 Å². The van der Waals surface area contributed by atoms with Gasteiger partial charge in [-0.3, -0.25) is 9.59 Å². The van der Waals surface area contributed by atoms with Crippen molar-refractivity contribution in [2.24, 2.45) is 0 Å². The number of ether oxygens (including phenoxy) is 1. The van der Waals surface area contributed by atoms with Crippen LogP contribution in [-0.4, -0.2) is 47.4 Å². The number of allylic oxidation sites excluding steroid dienone is 1. The molecule has 48 heavy (non-hydrogen) atoms. The predicted octanol–water partition coefficient (Wildman–Crippen LogP) is 11.4. The van der Waals surface area contributed by atoms with Crippen molar-refractivity contribution in [3.05, 3.63) is 12.2 Å². The molecule has 0 aliphatic carbocycles. The summed E-state index contributed by atoms with van der Waals surface area (Å²) in [4.78, 5) is 24.3. The van der Waals surface area contributed by atoms with Crippen LogP contribution in [0.1, 0.15) is 219 Å². The van der Waals surface area contributed by atoms with E-state index in [9.17, 15) is 19.8 Å². The van der Waals surface area contributed by atoms with Crippen LogP contribution in [0.15, 0.2) is 12.2 Å². The van der Waals surface area contributed by atoms with Crippen molar-refractivity contribution < 1.29 is 24.5 Å². The summed E-state index contributed by atoms with van der Waals surface area (Å²) in [5.41, 5.74) is 0. The second kappa shape index (κ2) is 38.4. The number of esters is 1. The maximum absolute atomic E-state index is 12.3. The highest BCUT2D eigenvalue weighted by molar-refractivity contribution is 5.76. The first-order chi connectivity index (χ1) is 23.5. The quantitative estimate of drug-likeness (QED) is 0.0343. The molecule has 284 valence electrons. The monoisotopic (exact) mass is 680 g/mol. The Morgan fingerprint density at radius 1 is 0.562 bits per heavy atom. The third-order valence-electron chi connectivity index (χ3n) is 9.56. The lowest BCUT2D eigenvalue weighted by atomic mass is 10.0. The van der Waals surface area contributed by atoms with Crippen molar-refractivity contribution in [3.8, 4) is 0 Å². The van der Waals surface area contributed by atoms with E-state index in [1.54, 1.807) is 6.08 Å². The zero-order valence-corrected chi connectivity index (χ0v) is 32.0. The summed E-state index contributed by atoms with van der Waals surface area (Å²) in [6, 6.07) is -0.643. The Labute approximate surface area is 298 Å². The van der Waals surface area contributed by atoms with E-state index in [0.717, 1.165) is 57.8 Å². The summed E-state index contributed by atoms with van der Waals surface area (Å²) in [6.45, 7) is 4.79. The molecular weight excluding hydrogens is 598 g/mol. The van der Waals surface area contributed by atoms with E-state index in [4.69, 9.17) is 4.74 Å². The number of carbonyl (C=O) groups excluding carboxylic acids is 2. The van der Waals surface area contributed by atoms with Crippen molar-refractivity contribution >= 4 is 11.9 Å². The lowest BCUT2D eigenvalue weighted by Gasteiger charge is -2.20. The molecule has 0 spiro atoms. The second-order valence-corrected chi connectivity index (χ2v) is 14.3. The molecule has 0 aliphatic rings. The van der Waals surface area contributed by atoms with Crippen LogP contribution < -0.4 is 5.32 Å². The average molecular weight is 680 g/mol. The largest absolute Gasteiger partial charge is 0.466 e. The minimum absolute atomic E-state index is 0.0271. The fourth-order valence-corrected chi connectivity index (χ4v) is 6.28. The molecule has 0 bridgehead atoms. The Kier molecular flexibility index (Phi) is 37.3. The Morgan fingerprint density at radius 2 is 0.958 bits per heavy atom. The van der Waals surface area contributed by atoms with Crippen LogP contribution >= 0.6 is 0 Å². The number of rotatable bonds is 38. The molecule has 2 atom stereocenters. The third kappa shape index (κ3) is 34.5. The molecule has 0 aliphatic heterocycles. The normalized spacial score (nSPS) is 12.8. The van der Waals surface area contributed by atoms with Gasteiger partial charge in [-0.15, -0.1) is 0 Å². The molecule has 0 heterocycles. The van der Waals surface area contributed by atoms with Crippen molar-refractivity contribution in [1.29, 1.82) is 0 Å². The van der Waals surface area contributed by atoms with Crippen LogP contribution in [0.2, 0.25) is 0 Å². The first kappa shape index (κ1) is 46.6. The summed E-state index contributed by atoms with van der Waals surface area (Å²) in [5.74, 6) is -0.126. The van der Waals surface area contributed by atoms with Crippen LogP contribution in [0, 0.1) is 0 Å². The van der Waals surface area contributed by atoms with Gasteiger partial charge in [-0.05, 0) is 32.1 Å². The Morgan fingerprint density at radius 3 is 1.42 bits per heavy atom. The molecule has 6 heteroatoms. The maximum atomic E-state index is 12.3. The molecule has 2 unspecified atom stereocenters. The van der Waals surface area contributed by atoms with Gasteiger partial charge >= 0.3 is 5.97 Å². The molecule has 3 N–H and O–H groups in total. The Bertz CT molecular complexity index is 712. The van der Waals surface area contributed by atoms with Gasteiger partial charge in [0.15, 0.2) is 0 Å². The molecule has 0 aromatic heterocycles. The molecule has 0 fully saturated rings. The van der Waals surface area contributed by atoms with Gasteiger partial charge in [-0.25, -0.2) is 0 Å². The summed E-state index contributed by atoms with van der Waals surface area (Å²) < 4.78 is 5.42. The third-order valence-corrected chi connectivity index (χ3v) is 9.56. The number of hydrogen-bond acceptors (Lipinski definition) is 5. The highest BCUT2D eigenvalue weighted by atomic mass is 16.5. The van der Waals surface area contributed by atoms with E-state index in [2.05, 4.69) is 19.2 Å². The van der Waals surface area contributed by atoms with E-state index in [1.165, 1.54) is 135 Å². The highest BCUT2D eigenvalue weighted by Crippen LogP contribution is 2.14. The number of hydrogen-bond donors (Lipinski definition) is 3. The number of unbranched alkanes of at least 4 members (excludes halogenated alkanes) is 27. The number of amides is 1. The van der Waals surface area contributed by atoms with Crippen LogP contribution in [0.5, 0.6) is 0 Å². The second-order valence-electron chi connectivity index (χ2n) is 14.3. The Hall–Kier alpha value is -1.40. The average Bonchev–Trinajstić information content (AvgIpc) is 3.08. The Balaban J connectivity index is 3.51. The van der Waals surface area contributed by atoms with Gasteiger partial charge in [-0.2, -0.15) is 0 Å². The zero-order valence-electron chi connectivity index (χ0n) is 32.0. The molecule has 0 rings (SSSR count). The molecule has 6 nitrogen and oxygen atoms in total. The molecular formula is C42H81NO5. The molecule has 1 amide bonds. The molecule has 0 saturated heterocycles. The van der Waals surface area contributed by atoms with Crippen LogP contribution in [0.4, 0.5) is 0 Å². The fourth-order valence-electron chi connectivity index (χ4n) is 6.28. The van der Waals surface area contributed by atoms with Gasteiger partial charge in [0, 0.05) is 12.8 Å². The lowest BCUT2D eigenvalue weighted by molar-refractivity contribution is -0.143. The summed E-state index contributed by atoms with van der Waals surface area (Å²) in [5, 5.41) is 22.8. The highest BCUT2D eigenvalue weighted by Gasteiger charge is 2.18. The van der Waals surface area contributed by atoms with Crippen molar-refractivity contribution in [2.45, 2.75) is 231 Å². The first-order valence-electron chi connectivity index (χ1n) is 21.0. The lowest BCUT2D eigenvalue weighted by Crippen LogP contribution is -2.45. The number of carbonyl (C=O) groups is 2. The number of aliphatic hydroxyl groups excluding tert-OH is 2. The molecule has 0 radical (unpaired) electrons. The van der Waals surface area contributed by atoms with Gasteiger partial charge < -0.3 is 20.3 Å². The smallest absolute Gasteiger partial charge is 0.305 e. The van der Waals surface area contributed by atoms with E-state index < -0.39 is 12.1 Å². The van der Waals surface area contributed by atoms with Crippen molar-refractivity contribution in [1.82, 2.24) is 5.32 Å². The SMILES string of the molecule is CCCCCCCCC/C=C/C(O)C(CO)NC(=O)CCCCCCCCCCCOC(=O)CCCCCCCCCCCCCCC. The number of nitrogens with one attached hydrogen (secondary N) is 1. The first-order valence-corrected chi connectivity index (χ1v) is 21.0. The molecule has 0 aromatic rings. The zero-order chi connectivity index (χ0) is 35.2.